The molecule has 2 aromatic carbocycles. The zero-order valence-corrected chi connectivity index (χ0v) is 20.0. The van der Waals surface area contributed by atoms with E-state index in [9.17, 15) is 14.4 Å². The van der Waals surface area contributed by atoms with Gasteiger partial charge in [0.05, 0.1) is 12.1 Å². The van der Waals surface area contributed by atoms with E-state index in [1.807, 2.05) is 70.2 Å². The van der Waals surface area contributed by atoms with E-state index in [4.69, 9.17) is 5.73 Å². The lowest BCUT2D eigenvalue weighted by atomic mass is 10.1. The first-order valence-corrected chi connectivity index (χ1v) is 10.6. The molecule has 0 amide bonds. The fourth-order valence-corrected chi connectivity index (χ4v) is 2.70. The number of pyridine rings is 1. The van der Waals surface area contributed by atoms with Crippen LogP contribution in [0.2, 0.25) is 0 Å². The summed E-state index contributed by atoms with van der Waals surface area (Å²) < 4.78 is 4.61. The van der Waals surface area contributed by atoms with Crippen LogP contribution in [0.5, 0.6) is 0 Å². The van der Waals surface area contributed by atoms with Crippen molar-refractivity contribution in [3.63, 3.8) is 0 Å². The minimum atomic E-state index is -0.611. The predicted molar refractivity (Wildman–Crippen MR) is 131 cm³/mol. The fourth-order valence-electron chi connectivity index (χ4n) is 2.70. The Balaban J connectivity index is 0.000000252. The van der Waals surface area contributed by atoms with Crippen molar-refractivity contribution in [2.45, 2.75) is 48.5 Å². The summed E-state index contributed by atoms with van der Waals surface area (Å²) in [5.74, 6) is -1.20. The number of ketones is 1. The monoisotopic (exact) mass is 438 g/mol. The molecule has 0 saturated heterocycles. The smallest absolute Gasteiger partial charge is 0.316 e. The maximum Gasteiger partial charge on any atom is 0.316 e. The number of esters is 1. The van der Waals surface area contributed by atoms with Crippen LogP contribution in [0.25, 0.3) is 10.9 Å². The van der Waals surface area contributed by atoms with Crippen LogP contribution >= 0.6 is 0 Å². The first-order valence-electron chi connectivity index (χ1n) is 10.6. The number of aromatic amines is 1. The first kappa shape index (κ1) is 26.6. The van der Waals surface area contributed by atoms with Crippen molar-refractivity contribution in [1.29, 1.82) is 0 Å². The number of aryl methyl sites for hydroxylation is 3. The minimum absolute atomic E-state index is 0.139. The van der Waals surface area contributed by atoms with Gasteiger partial charge in [-0.05, 0) is 71.7 Å². The summed E-state index contributed by atoms with van der Waals surface area (Å²) in [4.78, 5) is 36.4. The molecular weight excluding hydrogens is 404 g/mol. The molecule has 0 aliphatic rings. The standard InChI is InChI=1S/C12H13NO.C7H9N.C7H12O3/c1-7-5-4-6-10-11(7)13-9(3)8(2)12(10)14;1-6-4-2-3-5-7(6)8;1-4-10-7(9)5(2)6(3)8/h4-6H,1-3H3,(H,13,14);2-5H,8H2,1H3;5H,4H2,1-3H3. The van der Waals surface area contributed by atoms with Crippen LogP contribution in [0.15, 0.2) is 47.3 Å². The van der Waals surface area contributed by atoms with E-state index >= 15 is 0 Å². The number of para-hydroxylation sites is 2. The van der Waals surface area contributed by atoms with Crippen molar-refractivity contribution in [1.82, 2.24) is 4.98 Å². The van der Waals surface area contributed by atoms with Crippen LogP contribution in [-0.4, -0.2) is 23.3 Å². The van der Waals surface area contributed by atoms with Crippen molar-refractivity contribution in [2.75, 3.05) is 12.3 Å². The summed E-state index contributed by atoms with van der Waals surface area (Å²) in [7, 11) is 0. The van der Waals surface area contributed by atoms with E-state index in [2.05, 4.69) is 9.72 Å². The van der Waals surface area contributed by atoms with E-state index < -0.39 is 11.9 Å². The third kappa shape index (κ3) is 7.38. The second-order valence-electron chi connectivity index (χ2n) is 7.64. The number of hydrogen-bond donors (Lipinski definition) is 2. The average molecular weight is 439 g/mol. The Labute approximate surface area is 189 Å². The molecule has 172 valence electrons. The Bertz CT molecular complexity index is 1110. The van der Waals surface area contributed by atoms with Crippen LogP contribution < -0.4 is 11.2 Å². The third-order valence-corrected chi connectivity index (χ3v) is 5.17. The summed E-state index contributed by atoms with van der Waals surface area (Å²) in [6.07, 6.45) is 0. The molecule has 0 aliphatic heterocycles. The van der Waals surface area contributed by atoms with Crippen LogP contribution in [0.3, 0.4) is 0 Å². The quantitative estimate of drug-likeness (QED) is 0.347. The highest BCUT2D eigenvalue weighted by Crippen LogP contribution is 2.14. The van der Waals surface area contributed by atoms with Crippen LogP contribution in [0.4, 0.5) is 5.69 Å². The molecule has 6 nitrogen and oxygen atoms in total. The lowest BCUT2D eigenvalue weighted by molar-refractivity contribution is -0.150. The molecule has 3 aromatic rings. The molecular formula is C26H34N2O4. The number of rotatable bonds is 3. The van der Waals surface area contributed by atoms with Crippen molar-refractivity contribution < 1.29 is 14.3 Å². The molecule has 1 unspecified atom stereocenters. The summed E-state index contributed by atoms with van der Waals surface area (Å²) in [6.45, 7) is 12.8. The van der Waals surface area contributed by atoms with Gasteiger partial charge in [-0.2, -0.15) is 0 Å². The van der Waals surface area contributed by atoms with Gasteiger partial charge in [0.1, 0.15) is 11.7 Å². The van der Waals surface area contributed by atoms with E-state index in [0.29, 0.717) is 6.61 Å². The Morgan fingerprint density at radius 3 is 2.09 bits per heavy atom. The summed E-state index contributed by atoms with van der Waals surface area (Å²) in [5, 5.41) is 0.785. The highest BCUT2D eigenvalue weighted by molar-refractivity contribution is 5.97. The van der Waals surface area contributed by atoms with Gasteiger partial charge in [-0.15, -0.1) is 0 Å². The SMILES string of the molecule is CCOC(=O)C(C)C(C)=O.Cc1[nH]c2c(C)cccc2c(=O)c1C.Cc1ccccc1N. The van der Waals surface area contributed by atoms with Gasteiger partial charge in [-0.1, -0.05) is 30.3 Å². The summed E-state index contributed by atoms with van der Waals surface area (Å²) >= 11 is 0. The number of nitrogens with one attached hydrogen (secondary N) is 1. The van der Waals surface area contributed by atoms with Gasteiger partial charge in [0.15, 0.2) is 5.43 Å². The number of carbonyl (C=O) groups is 2. The molecule has 1 atom stereocenters. The molecule has 3 rings (SSSR count). The molecule has 32 heavy (non-hydrogen) atoms. The summed E-state index contributed by atoms with van der Waals surface area (Å²) in [5.41, 5.74) is 11.5. The highest BCUT2D eigenvalue weighted by Gasteiger charge is 2.17. The van der Waals surface area contributed by atoms with Crippen LogP contribution in [0, 0.1) is 33.6 Å². The van der Waals surface area contributed by atoms with Gasteiger partial charge in [0.2, 0.25) is 0 Å². The Hall–Kier alpha value is -3.41. The van der Waals surface area contributed by atoms with Gasteiger partial charge in [-0.3, -0.25) is 14.4 Å². The molecule has 6 heteroatoms. The van der Waals surface area contributed by atoms with Crippen molar-refractivity contribution >= 4 is 28.3 Å². The molecule has 0 aliphatic carbocycles. The first-order chi connectivity index (χ1) is 15.0. The van der Waals surface area contributed by atoms with Gasteiger partial charge in [0, 0.05) is 22.3 Å². The number of H-pyrrole nitrogens is 1. The fraction of sp³-hybridized carbons (Fsp3) is 0.346. The zero-order chi connectivity index (χ0) is 24.4. The molecule has 0 radical (unpaired) electrons. The van der Waals surface area contributed by atoms with Crippen molar-refractivity contribution in [3.8, 4) is 0 Å². The molecule has 0 spiro atoms. The molecule has 3 N–H and O–H groups in total. The summed E-state index contributed by atoms with van der Waals surface area (Å²) in [6, 6.07) is 13.6. The Morgan fingerprint density at radius 2 is 1.59 bits per heavy atom. The van der Waals surface area contributed by atoms with E-state index in [1.165, 1.54) is 6.92 Å². The second kappa shape index (κ2) is 12.4. The number of hydrogen-bond acceptors (Lipinski definition) is 5. The van der Waals surface area contributed by atoms with E-state index in [1.54, 1.807) is 13.8 Å². The average Bonchev–Trinajstić information content (AvgIpc) is 2.75. The Kier molecular flexibility index (Phi) is 10.4. The van der Waals surface area contributed by atoms with Crippen LogP contribution in [-0.2, 0) is 14.3 Å². The second-order valence-corrected chi connectivity index (χ2v) is 7.64. The van der Waals surface area contributed by atoms with E-state index in [-0.39, 0.29) is 11.2 Å². The largest absolute Gasteiger partial charge is 0.465 e. The molecule has 0 saturated carbocycles. The van der Waals surface area contributed by atoms with Gasteiger partial charge in [0.25, 0.3) is 0 Å². The number of benzene rings is 2. The Morgan fingerprint density at radius 1 is 1.00 bits per heavy atom. The van der Waals surface area contributed by atoms with Crippen LogP contribution in [0.1, 0.15) is 43.2 Å². The lowest BCUT2D eigenvalue weighted by Crippen LogP contribution is -2.20. The number of carbonyl (C=O) groups excluding carboxylic acids is 2. The topological polar surface area (TPSA) is 102 Å². The molecule has 0 fully saturated rings. The maximum absolute atomic E-state index is 11.9. The highest BCUT2D eigenvalue weighted by atomic mass is 16.5. The number of Topliss-reactive ketones (excluding diaryl/α,β-unsaturated/α-hetero) is 1. The predicted octanol–water partition coefficient (Wildman–Crippen LogP) is 4.81. The van der Waals surface area contributed by atoms with Gasteiger partial charge >= 0.3 is 5.97 Å². The third-order valence-electron chi connectivity index (χ3n) is 5.17. The number of aromatic nitrogens is 1. The maximum atomic E-state index is 11.9. The molecule has 1 aromatic heterocycles. The lowest BCUT2D eigenvalue weighted by Gasteiger charge is -2.05. The number of nitrogens with two attached hydrogens (primary N) is 1. The van der Waals surface area contributed by atoms with Crippen molar-refractivity contribution in [2.24, 2.45) is 5.92 Å². The zero-order valence-electron chi connectivity index (χ0n) is 20.0. The number of ether oxygens (including phenoxy) is 1. The number of anilines is 1. The minimum Gasteiger partial charge on any atom is -0.465 e. The number of fused-ring (bicyclic) bond motifs is 1. The molecule has 0 bridgehead atoms. The number of nitrogen functional groups attached to an aromatic ring is 1. The van der Waals surface area contributed by atoms with Crippen molar-refractivity contribution in [3.05, 3.63) is 75.1 Å². The normalized spacial score (nSPS) is 10.8. The van der Waals surface area contributed by atoms with Gasteiger partial charge < -0.3 is 15.5 Å². The van der Waals surface area contributed by atoms with Gasteiger partial charge in [-0.25, -0.2) is 0 Å². The van der Waals surface area contributed by atoms with E-state index in [0.717, 1.165) is 39.0 Å². The molecule has 1 heterocycles.